The predicted molar refractivity (Wildman–Crippen MR) is 233 cm³/mol. The summed E-state index contributed by atoms with van der Waals surface area (Å²) in [7, 11) is 2.92. The van der Waals surface area contributed by atoms with Crippen LogP contribution in [0.1, 0.15) is 45.7 Å². The third kappa shape index (κ3) is 7.85. The van der Waals surface area contributed by atoms with Gasteiger partial charge in [-0.1, -0.05) is 43.0 Å². The van der Waals surface area contributed by atoms with Gasteiger partial charge < -0.3 is 60.9 Å². The van der Waals surface area contributed by atoms with E-state index in [0.29, 0.717) is 41.4 Å². The van der Waals surface area contributed by atoms with Gasteiger partial charge in [0.2, 0.25) is 11.8 Å². The first kappa shape index (κ1) is 41.7. The van der Waals surface area contributed by atoms with Crippen LogP contribution in [0.5, 0.6) is 23.0 Å². The van der Waals surface area contributed by atoms with Crippen molar-refractivity contribution in [1.29, 1.82) is 0 Å². The average Bonchev–Trinajstić information content (AvgIpc) is 3.79. The highest BCUT2D eigenvalue weighted by molar-refractivity contribution is 6.13. The number of hydrogen-bond acceptors (Lipinski definition) is 12. The molecule has 16 heteroatoms. The Morgan fingerprint density at radius 3 is 2.16 bits per heavy atom. The first-order chi connectivity index (χ1) is 29.9. The number of nitrogens with one attached hydrogen (secondary N) is 4. The Morgan fingerprint density at radius 2 is 1.48 bits per heavy atom. The fraction of sp³-hybridized carbons (Fsp3) is 0.304. The number of hydrogen-bond donors (Lipinski definition) is 6. The Morgan fingerprint density at radius 1 is 0.871 bits per heavy atom. The second-order valence-corrected chi connectivity index (χ2v) is 15.6. The number of carbonyl (C=O) groups excluding carboxylic acids is 4. The van der Waals surface area contributed by atoms with Crippen LogP contribution in [0.4, 0.5) is 22.7 Å². The van der Waals surface area contributed by atoms with E-state index < -0.39 is 42.3 Å². The molecule has 4 aromatic carbocycles. The van der Waals surface area contributed by atoms with E-state index >= 15 is 0 Å². The van der Waals surface area contributed by atoms with Gasteiger partial charge in [0, 0.05) is 35.7 Å². The third-order valence-electron chi connectivity index (χ3n) is 11.5. The molecule has 0 bridgehead atoms. The number of nitrogens with two attached hydrogens (primary N) is 1. The Hall–Kier alpha value is -7.04. The van der Waals surface area contributed by atoms with Gasteiger partial charge in [0.15, 0.2) is 29.1 Å². The maximum absolute atomic E-state index is 14.2. The van der Waals surface area contributed by atoms with E-state index in [9.17, 15) is 24.3 Å². The lowest BCUT2D eigenvalue weighted by molar-refractivity contribution is -0.128. The monoisotopic (exact) mass is 843 g/mol. The van der Waals surface area contributed by atoms with E-state index in [4.69, 9.17) is 24.7 Å². The zero-order valence-corrected chi connectivity index (χ0v) is 34.8. The first-order valence-corrected chi connectivity index (χ1v) is 20.3. The smallest absolute Gasteiger partial charge is 0.260 e. The molecule has 62 heavy (non-hydrogen) atoms. The lowest BCUT2D eigenvalue weighted by Crippen LogP contribution is -2.49. The lowest BCUT2D eigenvalue weighted by atomic mass is 10.1. The molecule has 322 valence electrons. The quantitative estimate of drug-likeness (QED) is 0.106. The number of methoxy groups -OCH3 is 2. The van der Waals surface area contributed by atoms with Gasteiger partial charge in [-0.05, 0) is 74.2 Å². The van der Waals surface area contributed by atoms with Crippen molar-refractivity contribution in [3.05, 3.63) is 119 Å². The number of rotatable bonds is 13. The summed E-state index contributed by atoms with van der Waals surface area (Å²) in [5, 5.41) is 23.3. The fourth-order valence-corrected chi connectivity index (χ4v) is 8.30. The predicted octanol–water partition coefficient (Wildman–Crippen LogP) is 3.88. The number of fused-ring (bicyclic) bond motifs is 8. The van der Waals surface area contributed by atoms with Gasteiger partial charge in [0.1, 0.15) is 18.9 Å². The zero-order valence-electron chi connectivity index (χ0n) is 34.8. The van der Waals surface area contributed by atoms with Crippen LogP contribution >= 0.6 is 0 Å². The number of carbonyl (C=O) groups is 4. The summed E-state index contributed by atoms with van der Waals surface area (Å²) in [6, 6.07) is 19.5. The van der Waals surface area contributed by atoms with Gasteiger partial charge in [-0.2, -0.15) is 0 Å². The normalized spacial score (nSPS) is 19.8. The van der Waals surface area contributed by atoms with Crippen LogP contribution in [0.3, 0.4) is 0 Å². The van der Waals surface area contributed by atoms with Crippen LogP contribution in [0.2, 0.25) is 0 Å². The number of anilines is 4. The maximum atomic E-state index is 14.2. The third-order valence-corrected chi connectivity index (χ3v) is 11.5. The largest absolute Gasteiger partial charge is 0.493 e. The van der Waals surface area contributed by atoms with Crippen LogP contribution in [-0.4, -0.2) is 92.6 Å². The second kappa shape index (κ2) is 17.1. The number of ether oxygens (including phenoxy) is 4. The molecule has 0 fully saturated rings. The van der Waals surface area contributed by atoms with Crippen molar-refractivity contribution < 1.29 is 43.2 Å². The van der Waals surface area contributed by atoms with Crippen LogP contribution in [0.25, 0.3) is 0 Å². The van der Waals surface area contributed by atoms with Crippen LogP contribution in [0, 0.1) is 0 Å². The summed E-state index contributed by atoms with van der Waals surface area (Å²) in [4.78, 5) is 57.2. The molecule has 4 aromatic rings. The molecule has 4 heterocycles. The molecule has 2 unspecified atom stereocenters. The molecule has 0 radical (unpaired) electrons. The van der Waals surface area contributed by atoms with Crippen molar-refractivity contribution in [2.45, 2.75) is 63.2 Å². The molecule has 0 saturated carbocycles. The molecule has 0 aromatic heterocycles. The van der Waals surface area contributed by atoms with Gasteiger partial charge in [0.05, 0.1) is 54.8 Å². The summed E-state index contributed by atoms with van der Waals surface area (Å²) < 4.78 is 24.5. The fourth-order valence-electron chi connectivity index (χ4n) is 8.30. The van der Waals surface area contributed by atoms with E-state index in [1.165, 1.54) is 34.1 Å². The Kier molecular flexibility index (Phi) is 11.5. The summed E-state index contributed by atoms with van der Waals surface area (Å²) in [5.74, 6) is -0.539. The van der Waals surface area contributed by atoms with Gasteiger partial charge in [0.25, 0.3) is 11.8 Å². The van der Waals surface area contributed by atoms with Gasteiger partial charge in [-0.15, -0.1) is 0 Å². The molecule has 0 saturated heterocycles. The van der Waals surface area contributed by atoms with Crippen LogP contribution in [0.15, 0.2) is 97.2 Å². The Bertz CT molecular complexity index is 2490. The number of para-hydroxylation sites is 2. The SMILES string of the molecule is C=C/C(=C\C(COc1cc2c(cc1OC)C(=O)N1c3ccccc3C[C@H]1CN2)Oc1cc2c(cc1OC)C(=O)N1c3ccccc3C[C@H]1C(O)N2)NC(=O)[C@H](C)NC(=O)[C@H](C)N. The number of allylic oxidation sites excluding steroid dienone is 1. The van der Waals surface area contributed by atoms with Gasteiger partial charge in [-0.25, -0.2) is 0 Å². The van der Waals surface area contributed by atoms with E-state index in [1.54, 1.807) is 35.2 Å². The summed E-state index contributed by atoms with van der Waals surface area (Å²) >= 11 is 0. The molecule has 16 nitrogen and oxygen atoms in total. The highest BCUT2D eigenvalue weighted by Gasteiger charge is 2.42. The van der Waals surface area contributed by atoms with Crippen molar-refractivity contribution in [3.8, 4) is 23.0 Å². The van der Waals surface area contributed by atoms with Crippen molar-refractivity contribution in [3.63, 3.8) is 0 Å². The molecular weight excluding hydrogens is 795 g/mol. The molecule has 4 aliphatic heterocycles. The maximum Gasteiger partial charge on any atom is 0.260 e. The summed E-state index contributed by atoms with van der Waals surface area (Å²) in [6.45, 7) is 7.23. The number of aliphatic hydroxyl groups excluding tert-OH is 1. The number of benzene rings is 4. The minimum atomic E-state index is -1.12. The molecule has 7 N–H and O–H groups in total. The van der Waals surface area contributed by atoms with Gasteiger partial charge in [-0.3, -0.25) is 19.2 Å². The Balaban J connectivity index is 1.11. The zero-order chi connectivity index (χ0) is 43.8. The van der Waals surface area contributed by atoms with E-state index in [0.717, 1.165) is 28.9 Å². The van der Waals surface area contributed by atoms with Gasteiger partial charge >= 0.3 is 0 Å². The first-order valence-electron chi connectivity index (χ1n) is 20.3. The van der Waals surface area contributed by atoms with E-state index in [-0.39, 0.29) is 47.2 Å². The molecule has 6 atom stereocenters. The lowest BCUT2D eigenvalue weighted by Gasteiger charge is -2.26. The molecule has 0 spiro atoms. The van der Waals surface area contributed by atoms with Crippen LogP contribution < -0.4 is 55.7 Å². The highest BCUT2D eigenvalue weighted by Crippen LogP contribution is 2.43. The van der Waals surface area contributed by atoms with Crippen molar-refractivity contribution in [1.82, 2.24) is 10.6 Å². The molecule has 4 amide bonds. The number of aliphatic hydroxyl groups is 1. The number of amides is 4. The van der Waals surface area contributed by atoms with Crippen molar-refractivity contribution in [2.75, 3.05) is 47.8 Å². The Labute approximate surface area is 358 Å². The van der Waals surface area contributed by atoms with Crippen molar-refractivity contribution >= 4 is 46.4 Å². The molecular formula is C46H49N7O9. The highest BCUT2D eigenvalue weighted by atomic mass is 16.6. The topological polar surface area (TPSA) is 206 Å². The minimum absolute atomic E-state index is 0.0812. The molecule has 8 rings (SSSR count). The summed E-state index contributed by atoms with van der Waals surface area (Å²) in [6.07, 6.45) is 2.04. The molecule has 0 aliphatic carbocycles. The molecule has 4 aliphatic rings. The second-order valence-electron chi connectivity index (χ2n) is 15.6. The van der Waals surface area contributed by atoms with Crippen LogP contribution in [-0.2, 0) is 22.4 Å². The average molecular weight is 844 g/mol. The number of nitrogens with zero attached hydrogens (tertiary/aromatic N) is 2. The standard InChI is InChI=1S/C46H49N7O9/c1-6-28(50-43(55)25(3)49-42(54)24(2)47)17-30(23-61-40-20-33-31(18-38(40)59-4)45(57)52-29(22-48-33)15-26-11-7-9-13-35(26)52)62-41-21-34-32(19-39(41)60-5)46(58)53-36-14-10-8-12-27(36)16-37(53)44(56)51-34/h6-14,17-21,24-25,29-30,37,44,48,51,56H,1,15-16,22-23,47H2,2-5H3,(H,49,54)(H,50,55)/b28-17+/t24-,25-,29-,30?,37-,44?/m0/s1. The minimum Gasteiger partial charge on any atom is -0.493 e. The van der Waals surface area contributed by atoms with Crippen molar-refractivity contribution in [2.24, 2.45) is 5.73 Å². The summed E-state index contributed by atoms with van der Waals surface area (Å²) in [5.41, 5.74) is 11.2. The van der Waals surface area contributed by atoms with E-state index in [2.05, 4.69) is 27.8 Å². The van der Waals surface area contributed by atoms with E-state index in [1.807, 2.05) is 53.4 Å².